The Labute approximate surface area is 171 Å². The van der Waals surface area contributed by atoms with Crippen molar-refractivity contribution in [1.82, 2.24) is 15.0 Å². The van der Waals surface area contributed by atoms with E-state index in [-0.39, 0.29) is 5.78 Å². The third-order valence-corrected chi connectivity index (χ3v) is 5.07. The van der Waals surface area contributed by atoms with E-state index in [1.54, 1.807) is 4.68 Å². The molecule has 0 N–H and O–H groups in total. The highest BCUT2D eigenvalue weighted by atomic mass is 127. The molecule has 0 amide bonds. The summed E-state index contributed by atoms with van der Waals surface area (Å²) in [5, 5.41) is 8.53. The van der Waals surface area contributed by atoms with Gasteiger partial charge in [0, 0.05) is 20.3 Å². The highest BCUT2D eigenvalue weighted by Gasteiger charge is 2.16. The summed E-state index contributed by atoms with van der Waals surface area (Å²) in [7, 11) is 0. The Morgan fingerprint density at radius 2 is 1.63 bits per heavy atom. The number of rotatable bonds is 4. The van der Waals surface area contributed by atoms with Crippen LogP contribution in [0.4, 0.5) is 0 Å². The number of nitrogens with zero attached hydrogens (tertiary/aromatic N) is 3. The van der Waals surface area contributed by atoms with Crippen molar-refractivity contribution in [2.45, 2.75) is 6.92 Å². The lowest BCUT2D eigenvalue weighted by atomic mass is 9.97. The largest absolute Gasteiger partial charge is 0.289 e. The van der Waals surface area contributed by atoms with E-state index >= 15 is 0 Å². The number of aryl methyl sites for hydroxylation is 1. The van der Waals surface area contributed by atoms with Crippen molar-refractivity contribution in [2.75, 3.05) is 0 Å². The fourth-order valence-corrected chi connectivity index (χ4v) is 3.23. The molecule has 4 rings (SSSR count). The number of hydrogen-bond donors (Lipinski definition) is 0. The van der Waals surface area contributed by atoms with E-state index in [1.807, 2.05) is 85.9 Å². The number of hydrogen-bond acceptors (Lipinski definition) is 3. The van der Waals surface area contributed by atoms with Crippen molar-refractivity contribution in [3.8, 4) is 16.9 Å². The molecule has 0 radical (unpaired) electrons. The van der Waals surface area contributed by atoms with E-state index in [9.17, 15) is 4.79 Å². The molecule has 27 heavy (non-hydrogen) atoms. The van der Waals surface area contributed by atoms with Gasteiger partial charge in [-0.3, -0.25) is 4.79 Å². The summed E-state index contributed by atoms with van der Waals surface area (Å²) in [4.78, 5) is 13.0. The standard InChI is InChI=1S/C22H16IN3O/c1-15-6-12-18(13-7-15)26-14-21(24-25-26)19-4-2-3-5-20(19)22(27)16-8-10-17(23)11-9-16/h2-14H,1H3. The number of carbonyl (C=O) groups is 1. The van der Waals surface area contributed by atoms with Crippen LogP contribution in [0.1, 0.15) is 21.5 Å². The molecule has 1 heterocycles. The first-order valence-electron chi connectivity index (χ1n) is 8.51. The summed E-state index contributed by atoms with van der Waals surface area (Å²) in [5.41, 5.74) is 4.85. The second-order valence-electron chi connectivity index (χ2n) is 6.27. The minimum Gasteiger partial charge on any atom is -0.289 e. The van der Waals surface area contributed by atoms with Crippen molar-refractivity contribution >= 4 is 28.4 Å². The Hall–Kier alpha value is -2.80. The Kier molecular flexibility index (Phi) is 4.85. The number of halogens is 1. The predicted molar refractivity (Wildman–Crippen MR) is 114 cm³/mol. The topological polar surface area (TPSA) is 47.8 Å². The molecular weight excluding hydrogens is 449 g/mol. The van der Waals surface area contributed by atoms with E-state index in [0.29, 0.717) is 16.8 Å². The van der Waals surface area contributed by atoms with Crippen LogP contribution in [0, 0.1) is 10.5 Å². The maximum atomic E-state index is 13.0. The van der Waals surface area contributed by atoms with Gasteiger partial charge in [-0.25, -0.2) is 4.68 Å². The van der Waals surface area contributed by atoms with Gasteiger partial charge in [0.15, 0.2) is 5.78 Å². The fourth-order valence-electron chi connectivity index (χ4n) is 2.87. The highest BCUT2D eigenvalue weighted by molar-refractivity contribution is 14.1. The summed E-state index contributed by atoms with van der Waals surface area (Å²) < 4.78 is 2.82. The molecule has 4 aromatic rings. The van der Waals surface area contributed by atoms with Crippen molar-refractivity contribution in [2.24, 2.45) is 0 Å². The molecule has 3 aromatic carbocycles. The van der Waals surface area contributed by atoms with Crippen LogP contribution in [-0.2, 0) is 0 Å². The van der Waals surface area contributed by atoms with Crippen molar-refractivity contribution in [3.63, 3.8) is 0 Å². The molecule has 132 valence electrons. The molecule has 0 aliphatic carbocycles. The van der Waals surface area contributed by atoms with Gasteiger partial charge in [0.2, 0.25) is 0 Å². The first-order chi connectivity index (χ1) is 13.1. The van der Waals surface area contributed by atoms with E-state index in [0.717, 1.165) is 14.8 Å². The SMILES string of the molecule is Cc1ccc(-n2cc(-c3ccccc3C(=O)c3ccc(I)cc3)nn2)cc1. The zero-order valence-corrected chi connectivity index (χ0v) is 16.8. The molecule has 0 aliphatic heterocycles. The molecule has 0 atom stereocenters. The van der Waals surface area contributed by atoms with Crippen molar-refractivity contribution in [3.05, 3.63) is 99.3 Å². The molecule has 0 spiro atoms. The number of carbonyl (C=O) groups excluding carboxylic acids is 1. The van der Waals surface area contributed by atoms with Gasteiger partial charge in [0.25, 0.3) is 0 Å². The molecule has 1 aromatic heterocycles. The van der Waals surface area contributed by atoms with Gasteiger partial charge in [-0.2, -0.15) is 0 Å². The van der Waals surface area contributed by atoms with Crippen molar-refractivity contribution < 1.29 is 4.79 Å². The molecule has 0 aliphatic rings. The number of aromatic nitrogens is 3. The number of ketones is 1. The van der Waals surface area contributed by atoms with Gasteiger partial charge in [-0.1, -0.05) is 47.2 Å². The maximum Gasteiger partial charge on any atom is 0.193 e. The van der Waals surface area contributed by atoms with Gasteiger partial charge in [0.1, 0.15) is 5.69 Å². The Bertz CT molecular complexity index is 1100. The second-order valence-corrected chi connectivity index (χ2v) is 7.51. The first-order valence-corrected chi connectivity index (χ1v) is 9.59. The second kappa shape index (κ2) is 7.44. The van der Waals surface area contributed by atoms with E-state index in [4.69, 9.17) is 0 Å². The zero-order chi connectivity index (χ0) is 18.8. The molecular formula is C22H16IN3O. The molecule has 5 heteroatoms. The summed E-state index contributed by atoms with van der Waals surface area (Å²) in [6, 6.07) is 23.1. The van der Waals surface area contributed by atoms with Crippen LogP contribution in [0.25, 0.3) is 16.9 Å². The van der Waals surface area contributed by atoms with Crippen LogP contribution < -0.4 is 0 Å². The number of benzene rings is 3. The molecule has 0 saturated heterocycles. The molecule has 4 nitrogen and oxygen atoms in total. The van der Waals surface area contributed by atoms with Crippen molar-refractivity contribution in [1.29, 1.82) is 0 Å². The molecule has 0 saturated carbocycles. The van der Waals surface area contributed by atoms with Gasteiger partial charge >= 0.3 is 0 Å². The smallest absolute Gasteiger partial charge is 0.193 e. The van der Waals surface area contributed by atoms with E-state index in [2.05, 4.69) is 32.9 Å². The van der Waals surface area contributed by atoms with Crippen LogP contribution in [-0.4, -0.2) is 20.8 Å². The molecule has 0 fully saturated rings. The predicted octanol–water partition coefficient (Wildman–Crippen LogP) is 5.08. The van der Waals surface area contributed by atoms with Crippen LogP contribution in [0.3, 0.4) is 0 Å². The van der Waals surface area contributed by atoms with E-state index in [1.165, 1.54) is 5.56 Å². The average molecular weight is 465 g/mol. The quantitative estimate of drug-likeness (QED) is 0.312. The summed E-state index contributed by atoms with van der Waals surface area (Å²) in [6.07, 6.45) is 1.85. The first kappa shape index (κ1) is 17.6. The third kappa shape index (κ3) is 3.68. The molecule has 0 unspecified atom stereocenters. The van der Waals surface area contributed by atoms with E-state index < -0.39 is 0 Å². The Morgan fingerprint density at radius 3 is 2.37 bits per heavy atom. The van der Waals surface area contributed by atoms with Gasteiger partial charge < -0.3 is 0 Å². The minimum atomic E-state index is -0.0214. The van der Waals surface area contributed by atoms with Crippen LogP contribution in [0.2, 0.25) is 0 Å². The van der Waals surface area contributed by atoms with Gasteiger partial charge in [-0.15, -0.1) is 5.10 Å². The van der Waals surface area contributed by atoms with Crippen LogP contribution in [0.15, 0.2) is 79.0 Å². The zero-order valence-electron chi connectivity index (χ0n) is 14.6. The minimum absolute atomic E-state index is 0.0214. The van der Waals surface area contributed by atoms with Gasteiger partial charge in [0.05, 0.1) is 11.9 Å². The lowest BCUT2D eigenvalue weighted by Crippen LogP contribution is -2.03. The van der Waals surface area contributed by atoms with Gasteiger partial charge in [-0.05, 0) is 65.9 Å². The fraction of sp³-hybridized carbons (Fsp3) is 0.0455. The summed E-state index contributed by atoms with van der Waals surface area (Å²) >= 11 is 2.23. The Balaban J connectivity index is 1.72. The Morgan fingerprint density at radius 1 is 0.926 bits per heavy atom. The normalized spacial score (nSPS) is 10.7. The van der Waals surface area contributed by atoms with Crippen LogP contribution in [0.5, 0.6) is 0 Å². The lowest BCUT2D eigenvalue weighted by molar-refractivity contribution is 0.103. The molecule has 0 bridgehead atoms. The van der Waals surface area contributed by atoms with Crippen LogP contribution >= 0.6 is 22.6 Å². The maximum absolute atomic E-state index is 13.0. The third-order valence-electron chi connectivity index (χ3n) is 4.35. The average Bonchev–Trinajstić information content (AvgIpc) is 3.19. The monoisotopic (exact) mass is 465 g/mol. The summed E-state index contributed by atoms with van der Waals surface area (Å²) in [5.74, 6) is -0.0214. The lowest BCUT2D eigenvalue weighted by Gasteiger charge is -2.06. The highest BCUT2D eigenvalue weighted by Crippen LogP contribution is 2.25. The summed E-state index contributed by atoms with van der Waals surface area (Å²) in [6.45, 7) is 2.04.